The first-order valence-corrected chi connectivity index (χ1v) is 10.7. The summed E-state index contributed by atoms with van der Waals surface area (Å²) in [7, 11) is 0. The number of hydrogen-bond acceptors (Lipinski definition) is 0. The van der Waals surface area contributed by atoms with E-state index in [1.165, 1.54) is 89.9 Å². The van der Waals surface area contributed by atoms with Gasteiger partial charge in [-0.25, -0.2) is 0 Å². The zero-order valence-corrected chi connectivity index (χ0v) is 16.6. The fourth-order valence-corrected chi connectivity index (χ4v) is 3.94. The summed E-state index contributed by atoms with van der Waals surface area (Å²) < 4.78 is 0. The Labute approximate surface area is 142 Å². The second-order valence-electron chi connectivity index (χ2n) is 7.84. The summed E-state index contributed by atoms with van der Waals surface area (Å²) in [5.41, 5.74) is 0. The monoisotopic (exact) mass is 310 g/mol. The summed E-state index contributed by atoms with van der Waals surface area (Å²) in [5.74, 6) is 2.95. The maximum absolute atomic E-state index is 2.46. The van der Waals surface area contributed by atoms with Gasteiger partial charge in [-0.05, 0) is 24.2 Å². The van der Waals surface area contributed by atoms with E-state index in [4.69, 9.17) is 0 Å². The van der Waals surface area contributed by atoms with Crippen LogP contribution in [0.25, 0.3) is 0 Å². The first kappa shape index (κ1) is 22.0. The van der Waals surface area contributed by atoms with Crippen molar-refractivity contribution in [2.24, 2.45) is 17.8 Å². The van der Waals surface area contributed by atoms with Gasteiger partial charge in [0.15, 0.2) is 0 Å². The smallest absolute Gasteiger partial charge is 0.0412 e. The molecule has 0 aliphatic rings. The van der Waals surface area contributed by atoms with E-state index in [2.05, 4.69) is 34.6 Å². The molecule has 0 rings (SSSR count). The minimum absolute atomic E-state index is 0.943. The van der Waals surface area contributed by atoms with Crippen molar-refractivity contribution in [2.45, 2.75) is 125 Å². The fourth-order valence-electron chi connectivity index (χ4n) is 3.94. The lowest BCUT2D eigenvalue weighted by molar-refractivity contribution is 0.285. The molecule has 3 unspecified atom stereocenters. The van der Waals surface area contributed by atoms with Crippen molar-refractivity contribution >= 4 is 0 Å². The molecule has 0 bridgehead atoms. The topological polar surface area (TPSA) is 0 Å². The summed E-state index contributed by atoms with van der Waals surface area (Å²) in [6.07, 6.45) is 20.2. The highest BCUT2D eigenvalue weighted by Gasteiger charge is 2.16. The minimum atomic E-state index is 0.943. The average Bonchev–Trinajstić information content (AvgIpc) is 2.51. The Morgan fingerprint density at radius 3 is 1.82 bits per heavy atom. The molecule has 22 heavy (non-hydrogen) atoms. The molecule has 0 fully saturated rings. The third-order valence-corrected chi connectivity index (χ3v) is 5.51. The SMILES string of the molecule is CCCCCCCC(CCC(C)CCC)CC(CC)CCC. The van der Waals surface area contributed by atoms with E-state index in [0.717, 1.165) is 17.8 Å². The molecule has 0 heteroatoms. The molecule has 0 aromatic heterocycles. The summed E-state index contributed by atoms with van der Waals surface area (Å²) in [5, 5.41) is 0. The molecule has 0 saturated carbocycles. The Morgan fingerprint density at radius 1 is 0.545 bits per heavy atom. The van der Waals surface area contributed by atoms with Crippen molar-refractivity contribution in [1.82, 2.24) is 0 Å². The average molecular weight is 311 g/mol. The first-order valence-electron chi connectivity index (χ1n) is 10.7. The van der Waals surface area contributed by atoms with Gasteiger partial charge >= 0.3 is 0 Å². The predicted octanol–water partition coefficient (Wildman–Crippen LogP) is 8.40. The van der Waals surface area contributed by atoms with Crippen LogP contribution in [0, 0.1) is 17.8 Å². The largest absolute Gasteiger partial charge is 0.0654 e. The minimum Gasteiger partial charge on any atom is -0.0654 e. The Morgan fingerprint density at radius 2 is 1.23 bits per heavy atom. The molecule has 0 N–H and O–H groups in total. The Kier molecular flexibility index (Phi) is 15.9. The number of hydrogen-bond donors (Lipinski definition) is 0. The maximum atomic E-state index is 2.46. The van der Waals surface area contributed by atoms with Crippen molar-refractivity contribution in [1.29, 1.82) is 0 Å². The normalized spacial score (nSPS) is 15.7. The van der Waals surface area contributed by atoms with Gasteiger partial charge < -0.3 is 0 Å². The van der Waals surface area contributed by atoms with Crippen LogP contribution in [0.1, 0.15) is 125 Å². The molecular formula is C22H46. The standard InChI is InChI=1S/C22H46/c1-6-10-11-12-13-16-22(18-17-20(5)14-7-2)19-21(9-4)15-8-3/h20-22H,6-19H2,1-5H3. The third-order valence-electron chi connectivity index (χ3n) is 5.51. The molecule has 0 aliphatic heterocycles. The fraction of sp³-hybridized carbons (Fsp3) is 1.00. The van der Waals surface area contributed by atoms with Crippen LogP contribution in [0.15, 0.2) is 0 Å². The molecule has 0 amide bonds. The van der Waals surface area contributed by atoms with Crippen LogP contribution in [0.4, 0.5) is 0 Å². The van der Waals surface area contributed by atoms with Gasteiger partial charge in [-0.3, -0.25) is 0 Å². The molecule has 0 aromatic carbocycles. The van der Waals surface area contributed by atoms with Gasteiger partial charge in [0.05, 0.1) is 0 Å². The van der Waals surface area contributed by atoms with Crippen molar-refractivity contribution in [2.75, 3.05) is 0 Å². The Bertz CT molecular complexity index is 208. The molecule has 3 atom stereocenters. The highest BCUT2D eigenvalue weighted by Crippen LogP contribution is 2.29. The zero-order valence-electron chi connectivity index (χ0n) is 16.6. The van der Waals surface area contributed by atoms with E-state index in [-0.39, 0.29) is 0 Å². The molecule has 0 nitrogen and oxygen atoms in total. The van der Waals surface area contributed by atoms with Crippen molar-refractivity contribution in [3.63, 3.8) is 0 Å². The van der Waals surface area contributed by atoms with Crippen LogP contribution >= 0.6 is 0 Å². The summed E-state index contributed by atoms with van der Waals surface area (Å²) >= 11 is 0. The highest BCUT2D eigenvalue weighted by atomic mass is 14.2. The van der Waals surface area contributed by atoms with Crippen LogP contribution in [0.5, 0.6) is 0 Å². The van der Waals surface area contributed by atoms with Crippen molar-refractivity contribution < 1.29 is 0 Å². The maximum Gasteiger partial charge on any atom is -0.0412 e. The van der Waals surface area contributed by atoms with E-state index < -0.39 is 0 Å². The Hall–Kier alpha value is 0. The van der Waals surface area contributed by atoms with Crippen LogP contribution in [0.2, 0.25) is 0 Å². The van der Waals surface area contributed by atoms with Crippen molar-refractivity contribution in [3.05, 3.63) is 0 Å². The lowest BCUT2D eigenvalue weighted by atomic mass is 9.82. The van der Waals surface area contributed by atoms with Gasteiger partial charge in [0.1, 0.15) is 0 Å². The van der Waals surface area contributed by atoms with E-state index in [1.54, 1.807) is 0 Å². The number of rotatable bonds is 16. The molecule has 0 saturated heterocycles. The number of unbranched alkanes of at least 4 members (excludes halogenated alkanes) is 4. The van der Waals surface area contributed by atoms with Gasteiger partial charge in [0, 0.05) is 0 Å². The molecular weight excluding hydrogens is 264 g/mol. The van der Waals surface area contributed by atoms with Gasteiger partial charge in [-0.2, -0.15) is 0 Å². The van der Waals surface area contributed by atoms with E-state index in [1.807, 2.05) is 0 Å². The molecule has 0 radical (unpaired) electrons. The predicted molar refractivity (Wildman–Crippen MR) is 103 cm³/mol. The molecule has 134 valence electrons. The quantitative estimate of drug-likeness (QED) is 0.251. The summed E-state index contributed by atoms with van der Waals surface area (Å²) in [6.45, 7) is 11.9. The van der Waals surface area contributed by atoms with Crippen LogP contribution in [0.3, 0.4) is 0 Å². The lowest BCUT2D eigenvalue weighted by Gasteiger charge is -2.24. The van der Waals surface area contributed by atoms with Crippen LogP contribution < -0.4 is 0 Å². The van der Waals surface area contributed by atoms with Crippen LogP contribution in [-0.4, -0.2) is 0 Å². The summed E-state index contributed by atoms with van der Waals surface area (Å²) in [4.78, 5) is 0. The van der Waals surface area contributed by atoms with Gasteiger partial charge in [0.2, 0.25) is 0 Å². The lowest BCUT2D eigenvalue weighted by Crippen LogP contribution is -2.10. The van der Waals surface area contributed by atoms with Gasteiger partial charge in [-0.1, -0.05) is 118 Å². The molecule has 0 aliphatic carbocycles. The summed E-state index contributed by atoms with van der Waals surface area (Å²) in [6, 6.07) is 0. The van der Waals surface area contributed by atoms with E-state index in [9.17, 15) is 0 Å². The first-order chi connectivity index (χ1) is 10.7. The van der Waals surface area contributed by atoms with Crippen LogP contribution in [-0.2, 0) is 0 Å². The second kappa shape index (κ2) is 15.9. The van der Waals surface area contributed by atoms with E-state index in [0.29, 0.717) is 0 Å². The van der Waals surface area contributed by atoms with E-state index >= 15 is 0 Å². The molecule has 0 aromatic rings. The highest BCUT2D eigenvalue weighted by molar-refractivity contribution is 4.68. The van der Waals surface area contributed by atoms with Gasteiger partial charge in [-0.15, -0.1) is 0 Å². The van der Waals surface area contributed by atoms with Crippen molar-refractivity contribution in [3.8, 4) is 0 Å². The Balaban J connectivity index is 4.16. The van der Waals surface area contributed by atoms with Gasteiger partial charge in [0.25, 0.3) is 0 Å². The second-order valence-corrected chi connectivity index (χ2v) is 7.84. The third kappa shape index (κ3) is 12.5. The molecule has 0 heterocycles. The molecule has 0 spiro atoms. The zero-order chi connectivity index (χ0) is 16.6.